The third-order valence-corrected chi connectivity index (χ3v) is 2.77. The monoisotopic (exact) mass is 246 g/mol. The topological polar surface area (TPSA) is 83.8 Å². The average molecular weight is 246 g/mol. The van der Waals surface area contributed by atoms with Gasteiger partial charge in [-0.05, 0) is 24.6 Å². The molecule has 96 valence electrons. The average Bonchev–Trinajstić information content (AvgIpc) is 2.78. The van der Waals surface area contributed by atoms with E-state index in [-0.39, 0.29) is 12.5 Å². The number of unbranched alkanes of at least 4 members (excludes halogenated alkanes) is 1. The van der Waals surface area contributed by atoms with Crippen LogP contribution in [0.2, 0.25) is 0 Å². The van der Waals surface area contributed by atoms with E-state index in [0.29, 0.717) is 0 Å². The number of imidazole rings is 1. The van der Waals surface area contributed by atoms with E-state index in [1.807, 2.05) is 18.2 Å². The second-order valence-electron chi connectivity index (χ2n) is 4.27. The molecular weight excluding hydrogens is 228 g/mol. The number of nitrogens with two attached hydrogens (primary N) is 1. The number of aromatic nitrogens is 2. The van der Waals surface area contributed by atoms with Crippen LogP contribution < -0.4 is 11.1 Å². The highest BCUT2D eigenvalue weighted by molar-refractivity contribution is 5.94. The number of carbonyl (C=O) groups is 1. The molecule has 2 rings (SSSR count). The first kappa shape index (κ1) is 12.6. The number of fused-ring (bicyclic) bond motifs is 1. The summed E-state index contributed by atoms with van der Waals surface area (Å²) >= 11 is 0. The summed E-state index contributed by atoms with van der Waals surface area (Å²) in [6.45, 7) is 2.14. The Hall–Kier alpha value is -1.88. The minimum Gasteiger partial charge on any atom is -0.342 e. The Kier molecular flexibility index (Phi) is 3.94. The minimum absolute atomic E-state index is 0.0111. The van der Waals surface area contributed by atoms with Crippen molar-refractivity contribution in [3.63, 3.8) is 0 Å². The van der Waals surface area contributed by atoms with E-state index in [9.17, 15) is 4.79 Å². The molecule has 18 heavy (non-hydrogen) atoms. The fourth-order valence-corrected chi connectivity index (χ4v) is 1.81. The normalized spacial score (nSPS) is 10.8. The molecule has 1 heterocycles. The summed E-state index contributed by atoms with van der Waals surface area (Å²) in [7, 11) is 0. The van der Waals surface area contributed by atoms with Gasteiger partial charge in [0.05, 0.1) is 17.6 Å². The van der Waals surface area contributed by atoms with E-state index >= 15 is 0 Å². The molecule has 0 saturated heterocycles. The Morgan fingerprint density at radius 3 is 3.06 bits per heavy atom. The molecule has 1 aromatic heterocycles. The number of benzene rings is 1. The van der Waals surface area contributed by atoms with Gasteiger partial charge in [-0.15, -0.1) is 0 Å². The molecule has 0 bridgehead atoms. The van der Waals surface area contributed by atoms with E-state index in [1.54, 1.807) is 0 Å². The molecule has 0 aliphatic rings. The standard InChI is InChI=1S/C13H18N4O/c1-2-3-4-12-16-10-6-5-9(7-11(10)17-12)15-13(18)8-14/h5-7H,2-4,8,14H2,1H3,(H,15,18)(H,16,17). The Balaban J connectivity index is 2.19. The van der Waals surface area contributed by atoms with Gasteiger partial charge in [0.25, 0.3) is 0 Å². The van der Waals surface area contributed by atoms with Crippen LogP contribution in [0.25, 0.3) is 11.0 Å². The van der Waals surface area contributed by atoms with Crippen molar-refractivity contribution in [3.8, 4) is 0 Å². The predicted molar refractivity (Wildman–Crippen MR) is 72.4 cm³/mol. The van der Waals surface area contributed by atoms with Gasteiger partial charge in [0, 0.05) is 12.1 Å². The Labute approximate surface area is 106 Å². The Morgan fingerprint density at radius 1 is 1.50 bits per heavy atom. The maximum atomic E-state index is 11.2. The van der Waals surface area contributed by atoms with Crippen LogP contribution in [0.1, 0.15) is 25.6 Å². The highest BCUT2D eigenvalue weighted by Gasteiger charge is 2.05. The molecule has 0 aliphatic heterocycles. The molecule has 1 aromatic carbocycles. The van der Waals surface area contributed by atoms with Crippen LogP contribution in [0.4, 0.5) is 5.69 Å². The van der Waals surface area contributed by atoms with Gasteiger partial charge in [-0.2, -0.15) is 0 Å². The van der Waals surface area contributed by atoms with E-state index in [2.05, 4.69) is 22.2 Å². The number of H-pyrrole nitrogens is 1. The number of hydrogen-bond donors (Lipinski definition) is 3. The molecule has 5 heteroatoms. The van der Waals surface area contributed by atoms with Gasteiger partial charge < -0.3 is 16.0 Å². The lowest BCUT2D eigenvalue weighted by Gasteiger charge is -2.02. The summed E-state index contributed by atoms with van der Waals surface area (Å²) in [6.07, 6.45) is 3.22. The first-order valence-electron chi connectivity index (χ1n) is 6.21. The van der Waals surface area contributed by atoms with Crippen molar-refractivity contribution >= 4 is 22.6 Å². The number of anilines is 1. The van der Waals surface area contributed by atoms with Crippen LogP contribution >= 0.6 is 0 Å². The maximum Gasteiger partial charge on any atom is 0.238 e. The van der Waals surface area contributed by atoms with Crippen molar-refractivity contribution in [3.05, 3.63) is 24.0 Å². The number of aryl methyl sites for hydroxylation is 1. The number of aromatic amines is 1. The van der Waals surface area contributed by atoms with Crippen molar-refractivity contribution < 1.29 is 4.79 Å². The lowest BCUT2D eigenvalue weighted by molar-refractivity contribution is -0.114. The van der Waals surface area contributed by atoms with Gasteiger partial charge in [0.2, 0.25) is 5.91 Å². The summed E-state index contributed by atoms with van der Waals surface area (Å²) in [5.74, 6) is 0.800. The summed E-state index contributed by atoms with van der Waals surface area (Å²) < 4.78 is 0. The lowest BCUT2D eigenvalue weighted by Crippen LogP contribution is -2.21. The van der Waals surface area contributed by atoms with Gasteiger partial charge >= 0.3 is 0 Å². The number of carbonyl (C=O) groups excluding carboxylic acids is 1. The molecule has 2 aromatic rings. The van der Waals surface area contributed by atoms with Crippen LogP contribution in [-0.4, -0.2) is 22.4 Å². The van der Waals surface area contributed by atoms with Crippen molar-refractivity contribution in [1.82, 2.24) is 9.97 Å². The van der Waals surface area contributed by atoms with Gasteiger partial charge in [-0.3, -0.25) is 4.79 Å². The minimum atomic E-state index is -0.194. The number of nitrogens with zero attached hydrogens (tertiary/aromatic N) is 1. The van der Waals surface area contributed by atoms with E-state index in [0.717, 1.165) is 41.8 Å². The molecule has 0 fully saturated rings. The Morgan fingerprint density at radius 2 is 2.33 bits per heavy atom. The van der Waals surface area contributed by atoms with Crippen LogP contribution in [0.5, 0.6) is 0 Å². The quantitative estimate of drug-likeness (QED) is 0.752. The molecule has 0 saturated carbocycles. The third-order valence-electron chi connectivity index (χ3n) is 2.77. The van der Waals surface area contributed by atoms with Crippen LogP contribution in [0.3, 0.4) is 0 Å². The fraction of sp³-hybridized carbons (Fsp3) is 0.385. The summed E-state index contributed by atoms with van der Waals surface area (Å²) in [6, 6.07) is 5.61. The zero-order valence-electron chi connectivity index (χ0n) is 10.5. The van der Waals surface area contributed by atoms with E-state index < -0.39 is 0 Å². The predicted octanol–water partition coefficient (Wildman–Crippen LogP) is 1.80. The largest absolute Gasteiger partial charge is 0.342 e. The van der Waals surface area contributed by atoms with Crippen LogP contribution in [0.15, 0.2) is 18.2 Å². The molecule has 0 radical (unpaired) electrons. The second kappa shape index (κ2) is 5.64. The van der Waals surface area contributed by atoms with Crippen molar-refractivity contribution in [2.45, 2.75) is 26.2 Å². The second-order valence-corrected chi connectivity index (χ2v) is 4.27. The van der Waals surface area contributed by atoms with Gasteiger partial charge in [-0.1, -0.05) is 13.3 Å². The number of hydrogen-bond acceptors (Lipinski definition) is 3. The summed E-state index contributed by atoms with van der Waals surface area (Å²) in [5, 5.41) is 2.72. The smallest absolute Gasteiger partial charge is 0.238 e. The lowest BCUT2D eigenvalue weighted by atomic mass is 10.2. The fourth-order valence-electron chi connectivity index (χ4n) is 1.81. The van der Waals surface area contributed by atoms with Gasteiger partial charge in [-0.25, -0.2) is 4.98 Å². The zero-order chi connectivity index (χ0) is 13.0. The van der Waals surface area contributed by atoms with Crippen molar-refractivity contribution in [2.75, 3.05) is 11.9 Å². The van der Waals surface area contributed by atoms with Crippen LogP contribution in [0, 0.1) is 0 Å². The number of rotatable bonds is 5. The molecule has 4 N–H and O–H groups in total. The molecule has 1 amide bonds. The van der Waals surface area contributed by atoms with Gasteiger partial charge in [0.1, 0.15) is 5.82 Å². The SMILES string of the molecule is CCCCc1nc2ccc(NC(=O)CN)cc2[nH]1. The molecular formula is C13H18N4O. The Bertz CT molecular complexity index is 547. The summed E-state index contributed by atoms with van der Waals surface area (Å²) in [5.41, 5.74) is 7.86. The van der Waals surface area contributed by atoms with Crippen molar-refractivity contribution in [2.24, 2.45) is 5.73 Å². The maximum absolute atomic E-state index is 11.2. The zero-order valence-corrected chi connectivity index (χ0v) is 10.5. The van der Waals surface area contributed by atoms with E-state index in [4.69, 9.17) is 5.73 Å². The number of nitrogens with one attached hydrogen (secondary N) is 2. The van der Waals surface area contributed by atoms with Crippen molar-refractivity contribution in [1.29, 1.82) is 0 Å². The molecule has 0 unspecified atom stereocenters. The molecule has 0 spiro atoms. The van der Waals surface area contributed by atoms with Crippen LogP contribution in [-0.2, 0) is 11.2 Å². The number of amides is 1. The summed E-state index contributed by atoms with van der Waals surface area (Å²) in [4.78, 5) is 19.0. The first-order chi connectivity index (χ1) is 8.72. The first-order valence-corrected chi connectivity index (χ1v) is 6.21. The third kappa shape index (κ3) is 2.87. The highest BCUT2D eigenvalue weighted by Crippen LogP contribution is 2.17. The molecule has 0 aliphatic carbocycles. The highest BCUT2D eigenvalue weighted by atomic mass is 16.1. The van der Waals surface area contributed by atoms with Gasteiger partial charge in [0.15, 0.2) is 0 Å². The molecule has 0 atom stereocenters. The molecule has 5 nitrogen and oxygen atoms in total. The van der Waals surface area contributed by atoms with E-state index in [1.165, 1.54) is 0 Å².